The summed E-state index contributed by atoms with van der Waals surface area (Å²) in [6.45, 7) is 0.676. The number of alkyl halides is 3. The molecule has 0 bridgehead atoms. The molecule has 0 aliphatic rings. The van der Waals surface area contributed by atoms with Crippen molar-refractivity contribution in [2.45, 2.75) is 13.1 Å². The van der Waals surface area contributed by atoms with E-state index in [1.165, 1.54) is 19.1 Å². The number of phenolic OH excluding ortho intramolecular Hbond substituents is 2. The lowest BCUT2D eigenvalue weighted by molar-refractivity contribution is -0.137. The number of phenols is 2. The molecule has 1 amide bonds. The predicted molar refractivity (Wildman–Crippen MR) is 89.9 cm³/mol. The summed E-state index contributed by atoms with van der Waals surface area (Å²) in [6, 6.07) is 5.32. The van der Waals surface area contributed by atoms with Crippen LogP contribution in [0.15, 0.2) is 30.3 Å². The highest BCUT2D eigenvalue weighted by Gasteiger charge is 2.33. The number of esters is 1. The first-order valence-electron chi connectivity index (χ1n) is 7.36. The van der Waals surface area contributed by atoms with Gasteiger partial charge in [0.25, 0.3) is 5.91 Å². The number of anilines is 1. The largest absolute Gasteiger partial charge is 0.504 e. The lowest BCUT2D eigenvalue weighted by atomic mass is 10.1. The minimum Gasteiger partial charge on any atom is -0.504 e. The van der Waals surface area contributed by atoms with Crippen LogP contribution >= 0.6 is 11.6 Å². The number of aryl methyl sites for hydroxylation is 1. The maximum atomic E-state index is 12.8. The molecular weight excluding hydrogens is 391 g/mol. The number of rotatable bonds is 4. The summed E-state index contributed by atoms with van der Waals surface area (Å²) < 4.78 is 43.1. The van der Waals surface area contributed by atoms with Crippen molar-refractivity contribution >= 4 is 29.2 Å². The molecule has 0 fully saturated rings. The molecule has 2 aromatic rings. The number of hydrogen-bond acceptors (Lipinski definition) is 5. The van der Waals surface area contributed by atoms with E-state index in [-0.39, 0.29) is 11.3 Å². The highest BCUT2D eigenvalue weighted by molar-refractivity contribution is 6.31. The molecular formula is C17H13ClF3NO5. The molecule has 0 aliphatic carbocycles. The van der Waals surface area contributed by atoms with E-state index < -0.39 is 46.7 Å². The van der Waals surface area contributed by atoms with Crippen LogP contribution in [-0.2, 0) is 15.7 Å². The van der Waals surface area contributed by atoms with Gasteiger partial charge in [0.15, 0.2) is 18.1 Å². The first kappa shape index (κ1) is 20.4. The Balaban J connectivity index is 2.03. The Labute approximate surface area is 156 Å². The molecule has 10 heteroatoms. The zero-order valence-corrected chi connectivity index (χ0v) is 14.5. The quantitative estimate of drug-likeness (QED) is 0.532. The average Bonchev–Trinajstić information content (AvgIpc) is 2.58. The van der Waals surface area contributed by atoms with Gasteiger partial charge in [-0.1, -0.05) is 17.7 Å². The third kappa shape index (κ3) is 4.82. The van der Waals surface area contributed by atoms with Gasteiger partial charge in [-0.15, -0.1) is 0 Å². The second-order valence-electron chi connectivity index (χ2n) is 5.44. The van der Waals surface area contributed by atoms with Gasteiger partial charge < -0.3 is 20.3 Å². The van der Waals surface area contributed by atoms with Gasteiger partial charge in [-0.2, -0.15) is 13.2 Å². The average molecular weight is 404 g/mol. The summed E-state index contributed by atoms with van der Waals surface area (Å²) in [5.74, 6) is -3.21. The third-order valence-electron chi connectivity index (χ3n) is 3.46. The van der Waals surface area contributed by atoms with Crippen molar-refractivity contribution < 1.29 is 37.7 Å². The topological polar surface area (TPSA) is 95.9 Å². The molecule has 0 unspecified atom stereocenters. The van der Waals surface area contributed by atoms with Crippen LogP contribution in [0.25, 0.3) is 0 Å². The summed E-state index contributed by atoms with van der Waals surface area (Å²) in [5, 5.41) is 20.9. The summed E-state index contributed by atoms with van der Waals surface area (Å²) in [5.41, 5.74) is -1.36. The number of amides is 1. The Morgan fingerprint density at radius 1 is 1.15 bits per heavy atom. The molecule has 6 nitrogen and oxygen atoms in total. The van der Waals surface area contributed by atoms with Crippen molar-refractivity contribution in [2.24, 2.45) is 0 Å². The van der Waals surface area contributed by atoms with Crippen molar-refractivity contribution in [1.29, 1.82) is 0 Å². The van der Waals surface area contributed by atoms with Gasteiger partial charge in [0.05, 0.1) is 10.6 Å². The van der Waals surface area contributed by atoms with Crippen molar-refractivity contribution in [2.75, 3.05) is 11.9 Å². The van der Waals surface area contributed by atoms with Gasteiger partial charge in [-0.25, -0.2) is 4.79 Å². The summed E-state index contributed by atoms with van der Waals surface area (Å²) >= 11 is 5.48. The Kier molecular flexibility index (Phi) is 5.85. The Bertz CT molecular complexity index is 899. The van der Waals surface area contributed by atoms with E-state index in [4.69, 9.17) is 11.6 Å². The van der Waals surface area contributed by atoms with Crippen molar-refractivity contribution in [3.8, 4) is 11.5 Å². The first-order valence-corrected chi connectivity index (χ1v) is 7.73. The Morgan fingerprint density at radius 2 is 1.81 bits per heavy atom. The number of nitrogens with one attached hydrogen (secondary N) is 1. The lowest BCUT2D eigenvalue weighted by Crippen LogP contribution is -2.21. The number of hydrogen-bond donors (Lipinski definition) is 3. The Morgan fingerprint density at radius 3 is 2.44 bits per heavy atom. The van der Waals surface area contributed by atoms with E-state index in [9.17, 15) is 33.0 Å². The van der Waals surface area contributed by atoms with Crippen molar-refractivity contribution in [3.63, 3.8) is 0 Å². The van der Waals surface area contributed by atoms with Crippen LogP contribution in [0, 0.1) is 6.92 Å². The molecule has 0 saturated carbocycles. The molecule has 2 aromatic carbocycles. The fourth-order valence-electron chi connectivity index (χ4n) is 2.07. The zero-order valence-electron chi connectivity index (χ0n) is 13.7. The molecule has 0 atom stereocenters. The second kappa shape index (κ2) is 7.75. The molecule has 0 aliphatic heterocycles. The molecule has 0 spiro atoms. The van der Waals surface area contributed by atoms with Crippen LogP contribution in [0.4, 0.5) is 18.9 Å². The maximum Gasteiger partial charge on any atom is 0.417 e. The highest BCUT2D eigenvalue weighted by Crippen LogP contribution is 2.36. The number of halogens is 4. The van der Waals surface area contributed by atoms with Crippen LogP contribution in [-0.4, -0.2) is 28.7 Å². The first-order chi connectivity index (χ1) is 12.5. The number of carbonyl (C=O) groups excluding carboxylic acids is 2. The zero-order chi connectivity index (χ0) is 20.4. The molecule has 27 heavy (non-hydrogen) atoms. The van der Waals surface area contributed by atoms with Crippen LogP contribution < -0.4 is 5.32 Å². The van der Waals surface area contributed by atoms with Gasteiger partial charge in [0, 0.05) is 5.69 Å². The van der Waals surface area contributed by atoms with Gasteiger partial charge in [0.1, 0.15) is 5.56 Å². The van der Waals surface area contributed by atoms with Crippen LogP contribution in [0.3, 0.4) is 0 Å². The number of ether oxygens (including phenoxy) is 1. The summed E-state index contributed by atoms with van der Waals surface area (Å²) in [7, 11) is 0. The minimum absolute atomic E-state index is 0.191. The molecule has 0 aromatic heterocycles. The van der Waals surface area contributed by atoms with E-state index >= 15 is 0 Å². The molecule has 0 radical (unpaired) electrons. The van der Waals surface area contributed by atoms with Crippen LogP contribution in [0.1, 0.15) is 21.5 Å². The number of carbonyl (C=O) groups is 2. The van der Waals surface area contributed by atoms with E-state index in [1.54, 1.807) is 0 Å². The van der Waals surface area contributed by atoms with Crippen LogP contribution in [0.5, 0.6) is 11.5 Å². The highest BCUT2D eigenvalue weighted by atomic mass is 35.5. The van der Waals surface area contributed by atoms with E-state index in [0.29, 0.717) is 11.6 Å². The second-order valence-corrected chi connectivity index (χ2v) is 5.85. The molecule has 3 N–H and O–H groups in total. The summed E-state index contributed by atoms with van der Waals surface area (Å²) in [4.78, 5) is 23.7. The summed E-state index contributed by atoms with van der Waals surface area (Å²) in [6.07, 6.45) is -4.70. The lowest BCUT2D eigenvalue weighted by Gasteiger charge is -2.12. The van der Waals surface area contributed by atoms with Gasteiger partial charge >= 0.3 is 12.1 Å². The maximum absolute atomic E-state index is 12.8. The van der Waals surface area contributed by atoms with E-state index in [0.717, 1.165) is 12.1 Å². The predicted octanol–water partition coefficient (Wildman–Crippen LogP) is 3.87. The third-order valence-corrected chi connectivity index (χ3v) is 3.79. The fraction of sp³-hybridized carbons (Fsp3) is 0.176. The normalized spacial score (nSPS) is 11.1. The Hall–Kier alpha value is -2.94. The van der Waals surface area contributed by atoms with Gasteiger partial charge in [0.2, 0.25) is 0 Å². The smallest absolute Gasteiger partial charge is 0.417 e. The minimum atomic E-state index is -4.70. The van der Waals surface area contributed by atoms with E-state index in [1.807, 2.05) is 0 Å². The SMILES string of the molecule is Cc1ccc(C(=O)OCC(=O)Nc2ccc(Cl)c(C(F)(F)F)c2)c(O)c1O. The molecule has 2 rings (SSSR count). The molecule has 0 heterocycles. The molecule has 144 valence electrons. The molecule has 0 saturated heterocycles. The fourth-order valence-corrected chi connectivity index (χ4v) is 2.30. The van der Waals surface area contributed by atoms with E-state index in [2.05, 4.69) is 10.1 Å². The standard InChI is InChI=1S/C17H13ClF3NO5/c1-8-2-4-10(15(25)14(8)24)16(26)27-7-13(23)22-9-3-5-12(18)11(6-9)17(19,20)21/h2-6,24-25H,7H2,1H3,(H,22,23). The van der Waals surface area contributed by atoms with Crippen molar-refractivity contribution in [3.05, 3.63) is 52.0 Å². The number of benzene rings is 2. The van der Waals surface area contributed by atoms with Gasteiger partial charge in [-0.3, -0.25) is 4.79 Å². The van der Waals surface area contributed by atoms with Crippen molar-refractivity contribution in [1.82, 2.24) is 0 Å². The van der Waals surface area contributed by atoms with Crippen LogP contribution in [0.2, 0.25) is 5.02 Å². The monoisotopic (exact) mass is 403 g/mol. The van der Waals surface area contributed by atoms with Gasteiger partial charge in [-0.05, 0) is 36.8 Å². The number of aromatic hydroxyl groups is 2.